The van der Waals surface area contributed by atoms with E-state index in [9.17, 15) is 0 Å². The standard InChI is InChI=1S/C15H24O2S/c1-15(2,3)13(11-18)10-17-14-7-5-6-12(8-14)9-16-4/h5-8,13,18H,9-11H2,1-4H3. The molecule has 0 saturated carbocycles. The van der Waals surface area contributed by atoms with Gasteiger partial charge >= 0.3 is 0 Å². The maximum atomic E-state index is 5.87. The van der Waals surface area contributed by atoms with Gasteiger partial charge in [0.2, 0.25) is 0 Å². The normalized spacial score (nSPS) is 13.4. The van der Waals surface area contributed by atoms with Crippen LogP contribution in [-0.2, 0) is 11.3 Å². The van der Waals surface area contributed by atoms with Gasteiger partial charge in [-0.15, -0.1) is 0 Å². The van der Waals surface area contributed by atoms with Crippen molar-refractivity contribution < 1.29 is 9.47 Å². The molecule has 0 amide bonds. The highest BCUT2D eigenvalue weighted by Gasteiger charge is 2.23. The monoisotopic (exact) mass is 268 g/mol. The Kier molecular flexibility index (Phi) is 6.03. The summed E-state index contributed by atoms with van der Waals surface area (Å²) in [4.78, 5) is 0. The van der Waals surface area contributed by atoms with Gasteiger partial charge in [-0.05, 0) is 28.9 Å². The molecule has 0 aromatic heterocycles. The average Bonchev–Trinajstić information content (AvgIpc) is 2.29. The quantitative estimate of drug-likeness (QED) is 0.791. The van der Waals surface area contributed by atoms with Crippen molar-refractivity contribution >= 4 is 12.6 Å². The van der Waals surface area contributed by atoms with Gasteiger partial charge in [0.05, 0.1) is 13.2 Å². The minimum Gasteiger partial charge on any atom is -0.493 e. The summed E-state index contributed by atoms with van der Waals surface area (Å²) >= 11 is 4.41. The SMILES string of the molecule is COCc1cccc(OCC(CS)C(C)(C)C)c1. The highest BCUT2D eigenvalue weighted by atomic mass is 32.1. The molecular formula is C15H24O2S. The molecule has 1 unspecified atom stereocenters. The van der Waals surface area contributed by atoms with Gasteiger partial charge in [0.25, 0.3) is 0 Å². The van der Waals surface area contributed by atoms with Crippen LogP contribution in [0, 0.1) is 11.3 Å². The molecular weight excluding hydrogens is 244 g/mol. The third-order valence-corrected chi connectivity index (χ3v) is 3.55. The molecule has 1 atom stereocenters. The molecule has 0 N–H and O–H groups in total. The van der Waals surface area contributed by atoms with Gasteiger partial charge in [0.15, 0.2) is 0 Å². The fraction of sp³-hybridized carbons (Fsp3) is 0.600. The predicted octanol–water partition coefficient (Wildman–Crippen LogP) is 3.80. The summed E-state index contributed by atoms with van der Waals surface area (Å²) in [6.45, 7) is 7.98. The molecule has 1 aromatic carbocycles. The number of thiol groups is 1. The topological polar surface area (TPSA) is 18.5 Å². The van der Waals surface area contributed by atoms with Crippen molar-refractivity contribution in [2.45, 2.75) is 27.4 Å². The number of ether oxygens (including phenoxy) is 2. The van der Waals surface area contributed by atoms with E-state index in [4.69, 9.17) is 9.47 Å². The number of methoxy groups -OCH3 is 1. The number of hydrogen-bond acceptors (Lipinski definition) is 3. The van der Waals surface area contributed by atoms with Crippen LogP contribution in [0.2, 0.25) is 0 Å². The molecule has 0 aliphatic rings. The second-order valence-electron chi connectivity index (χ2n) is 5.64. The smallest absolute Gasteiger partial charge is 0.119 e. The maximum Gasteiger partial charge on any atom is 0.119 e. The van der Waals surface area contributed by atoms with Crippen molar-refractivity contribution in [2.24, 2.45) is 11.3 Å². The van der Waals surface area contributed by atoms with Crippen LogP contribution in [-0.4, -0.2) is 19.5 Å². The maximum absolute atomic E-state index is 5.87. The lowest BCUT2D eigenvalue weighted by atomic mass is 9.82. The summed E-state index contributed by atoms with van der Waals surface area (Å²) in [7, 11) is 1.70. The first-order valence-electron chi connectivity index (χ1n) is 6.29. The third kappa shape index (κ3) is 4.91. The Labute approximate surface area is 116 Å². The Morgan fingerprint density at radius 3 is 2.56 bits per heavy atom. The molecule has 102 valence electrons. The summed E-state index contributed by atoms with van der Waals surface area (Å²) in [5.74, 6) is 2.17. The fourth-order valence-electron chi connectivity index (χ4n) is 1.67. The van der Waals surface area contributed by atoms with E-state index in [1.165, 1.54) is 0 Å². The van der Waals surface area contributed by atoms with Crippen LogP contribution >= 0.6 is 12.6 Å². The molecule has 0 aliphatic heterocycles. The van der Waals surface area contributed by atoms with Gasteiger partial charge in [-0.1, -0.05) is 32.9 Å². The molecule has 0 fully saturated rings. The van der Waals surface area contributed by atoms with Crippen LogP contribution in [0.15, 0.2) is 24.3 Å². The lowest BCUT2D eigenvalue weighted by molar-refractivity contribution is 0.164. The first-order valence-corrected chi connectivity index (χ1v) is 6.92. The van der Waals surface area contributed by atoms with Crippen LogP contribution in [0.25, 0.3) is 0 Å². The minimum atomic E-state index is 0.214. The molecule has 3 heteroatoms. The van der Waals surface area contributed by atoms with Crippen molar-refractivity contribution in [3.63, 3.8) is 0 Å². The van der Waals surface area contributed by atoms with Gasteiger partial charge in [-0.25, -0.2) is 0 Å². The molecule has 1 rings (SSSR count). The average molecular weight is 268 g/mol. The predicted molar refractivity (Wildman–Crippen MR) is 79.4 cm³/mol. The second-order valence-corrected chi connectivity index (χ2v) is 6.00. The van der Waals surface area contributed by atoms with Crippen molar-refractivity contribution in [3.8, 4) is 5.75 Å². The van der Waals surface area contributed by atoms with E-state index in [-0.39, 0.29) is 5.41 Å². The third-order valence-electron chi connectivity index (χ3n) is 3.11. The molecule has 1 aromatic rings. The summed E-state index contributed by atoms with van der Waals surface area (Å²) in [5.41, 5.74) is 1.35. The molecule has 0 radical (unpaired) electrons. The number of benzene rings is 1. The summed E-state index contributed by atoms with van der Waals surface area (Å²) < 4.78 is 11.0. The van der Waals surface area contributed by atoms with Crippen molar-refractivity contribution in [3.05, 3.63) is 29.8 Å². The fourth-order valence-corrected chi connectivity index (χ4v) is 2.32. The van der Waals surface area contributed by atoms with Crippen LogP contribution < -0.4 is 4.74 Å². The Morgan fingerprint density at radius 2 is 2.00 bits per heavy atom. The summed E-state index contributed by atoms with van der Waals surface area (Å²) in [6.07, 6.45) is 0. The van der Waals surface area contributed by atoms with E-state index in [2.05, 4.69) is 33.4 Å². The largest absolute Gasteiger partial charge is 0.493 e. The zero-order valence-electron chi connectivity index (χ0n) is 11.8. The molecule has 0 bridgehead atoms. The van der Waals surface area contributed by atoms with Crippen LogP contribution in [0.1, 0.15) is 26.3 Å². The molecule has 18 heavy (non-hydrogen) atoms. The molecule has 0 heterocycles. The van der Waals surface area contributed by atoms with Crippen molar-refractivity contribution in [1.82, 2.24) is 0 Å². The highest BCUT2D eigenvalue weighted by molar-refractivity contribution is 7.80. The first kappa shape index (κ1) is 15.4. The van der Waals surface area contributed by atoms with Crippen LogP contribution in [0.3, 0.4) is 0 Å². The number of rotatable bonds is 6. The van der Waals surface area contributed by atoms with Gasteiger partial charge in [-0.2, -0.15) is 12.6 Å². The van der Waals surface area contributed by atoms with Gasteiger partial charge in [0.1, 0.15) is 5.75 Å². The second kappa shape index (κ2) is 7.05. The van der Waals surface area contributed by atoms with E-state index < -0.39 is 0 Å². The zero-order valence-corrected chi connectivity index (χ0v) is 12.7. The van der Waals surface area contributed by atoms with E-state index in [1.807, 2.05) is 24.3 Å². The lowest BCUT2D eigenvalue weighted by Crippen LogP contribution is -2.28. The van der Waals surface area contributed by atoms with E-state index >= 15 is 0 Å². The van der Waals surface area contributed by atoms with Gasteiger partial charge in [0, 0.05) is 13.0 Å². The van der Waals surface area contributed by atoms with E-state index in [0.29, 0.717) is 19.1 Å². The lowest BCUT2D eigenvalue weighted by Gasteiger charge is -2.29. The molecule has 0 spiro atoms. The molecule has 2 nitrogen and oxygen atoms in total. The minimum absolute atomic E-state index is 0.214. The Bertz CT molecular complexity index is 358. The summed E-state index contributed by atoms with van der Waals surface area (Å²) in [5, 5.41) is 0. The summed E-state index contributed by atoms with van der Waals surface area (Å²) in [6, 6.07) is 8.05. The van der Waals surface area contributed by atoms with E-state index in [0.717, 1.165) is 17.1 Å². The number of hydrogen-bond donors (Lipinski definition) is 1. The van der Waals surface area contributed by atoms with Crippen LogP contribution in [0.5, 0.6) is 5.75 Å². The van der Waals surface area contributed by atoms with Crippen molar-refractivity contribution in [2.75, 3.05) is 19.5 Å². The Balaban J connectivity index is 2.59. The Morgan fingerprint density at radius 1 is 1.28 bits per heavy atom. The first-order chi connectivity index (χ1) is 8.47. The van der Waals surface area contributed by atoms with Gasteiger partial charge < -0.3 is 9.47 Å². The van der Waals surface area contributed by atoms with Gasteiger partial charge in [-0.3, -0.25) is 0 Å². The zero-order chi connectivity index (χ0) is 13.6. The molecule has 0 saturated heterocycles. The van der Waals surface area contributed by atoms with E-state index in [1.54, 1.807) is 7.11 Å². The Hall–Kier alpha value is -0.670. The highest BCUT2D eigenvalue weighted by Crippen LogP contribution is 2.27. The molecule has 0 aliphatic carbocycles. The van der Waals surface area contributed by atoms with Crippen molar-refractivity contribution in [1.29, 1.82) is 0 Å². The van der Waals surface area contributed by atoms with Crippen LogP contribution in [0.4, 0.5) is 0 Å².